The number of hydrogen-bond donors (Lipinski definition) is 2. The summed E-state index contributed by atoms with van der Waals surface area (Å²) < 4.78 is 13.3. The largest absolute Gasteiger partial charge is 0.389 e. The summed E-state index contributed by atoms with van der Waals surface area (Å²) in [6.07, 6.45) is 1.74. The first-order chi connectivity index (χ1) is 10.1. The van der Waals surface area contributed by atoms with Gasteiger partial charge < -0.3 is 11.1 Å². The summed E-state index contributed by atoms with van der Waals surface area (Å²) in [5.41, 5.74) is 8.55. The number of nitrogens with zero attached hydrogens (tertiary/aromatic N) is 1. The van der Waals surface area contributed by atoms with Gasteiger partial charge in [-0.05, 0) is 42.5 Å². The number of nitrogens with one attached hydrogen (secondary N) is 1. The Bertz CT molecular complexity index is 827. The molecule has 5 heteroatoms. The lowest BCUT2D eigenvalue weighted by Crippen LogP contribution is -2.12. The molecule has 0 spiro atoms. The quantitative estimate of drug-likeness (QED) is 0.723. The molecule has 0 atom stereocenters. The Hall–Kier alpha value is -2.53. The first kappa shape index (κ1) is 13.5. The van der Waals surface area contributed by atoms with Crippen molar-refractivity contribution in [2.24, 2.45) is 5.73 Å². The van der Waals surface area contributed by atoms with Gasteiger partial charge in [-0.3, -0.25) is 4.98 Å². The fourth-order valence-corrected chi connectivity index (χ4v) is 2.36. The molecule has 0 saturated carbocycles. The Balaban J connectivity index is 2.09. The highest BCUT2D eigenvalue weighted by molar-refractivity contribution is 7.80. The number of halogens is 1. The van der Waals surface area contributed by atoms with Gasteiger partial charge in [-0.1, -0.05) is 18.3 Å². The molecule has 0 unspecified atom stereocenters. The Morgan fingerprint density at radius 1 is 1.10 bits per heavy atom. The van der Waals surface area contributed by atoms with Gasteiger partial charge in [0.1, 0.15) is 10.8 Å². The molecule has 1 heterocycles. The molecule has 3 N–H and O–H groups in total. The van der Waals surface area contributed by atoms with Crippen LogP contribution in [-0.4, -0.2) is 9.97 Å². The Morgan fingerprint density at radius 2 is 1.95 bits per heavy atom. The molecule has 3 aromatic rings. The summed E-state index contributed by atoms with van der Waals surface area (Å²) in [4.78, 5) is 4.45. The van der Waals surface area contributed by atoms with Crippen molar-refractivity contribution < 1.29 is 4.39 Å². The first-order valence-corrected chi connectivity index (χ1v) is 6.76. The molecular formula is C16H12FN3S. The van der Waals surface area contributed by atoms with Gasteiger partial charge in [-0.25, -0.2) is 4.39 Å². The summed E-state index contributed by atoms with van der Waals surface area (Å²) >= 11 is 4.98. The van der Waals surface area contributed by atoms with E-state index in [9.17, 15) is 4.39 Å². The molecule has 0 fully saturated rings. The molecule has 0 bridgehead atoms. The van der Waals surface area contributed by atoms with Crippen LogP contribution < -0.4 is 11.1 Å². The second kappa shape index (κ2) is 5.46. The minimum atomic E-state index is -0.372. The molecule has 0 aliphatic rings. The van der Waals surface area contributed by atoms with Crippen LogP contribution in [0.1, 0.15) is 5.56 Å². The molecule has 0 aliphatic carbocycles. The number of fused-ring (bicyclic) bond motifs is 1. The van der Waals surface area contributed by atoms with E-state index in [0.29, 0.717) is 11.3 Å². The van der Waals surface area contributed by atoms with Crippen molar-refractivity contribution in [3.63, 3.8) is 0 Å². The van der Waals surface area contributed by atoms with Crippen molar-refractivity contribution in [2.75, 3.05) is 5.32 Å². The minimum Gasteiger partial charge on any atom is -0.389 e. The van der Waals surface area contributed by atoms with Gasteiger partial charge in [0.2, 0.25) is 0 Å². The Kier molecular flexibility index (Phi) is 3.50. The fraction of sp³-hybridized carbons (Fsp3) is 0. The third kappa shape index (κ3) is 2.68. The molecule has 0 saturated heterocycles. The summed E-state index contributed by atoms with van der Waals surface area (Å²) in [6.45, 7) is 0. The van der Waals surface area contributed by atoms with Crippen LogP contribution in [0.2, 0.25) is 0 Å². The number of rotatable bonds is 3. The van der Waals surface area contributed by atoms with Gasteiger partial charge in [0, 0.05) is 28.5 Å². The zero-order valence-electron chi connectivity index (χ0n) is 11.0. The summed E-state index contributed by atoms with van der Waals surface area (Å²) in [5, 5.41) is 4.22. The van der Waals surface area contributed by atoms with Gasteiger partial charge in [0.15, 0.2) is 0 Å². The number of aromatic nitrogens is 1. The van der Waals surface area contributed by atoms with Crippen LogP contribution in [-0.2, 0) is 0 Å². The molecule has 3 rings (SSSR count). The first-order valence-electron chi connectivity index (χ1n) is 6.35. The van der Waals surface area contributed by atoms with E-state index in [1.165, 1.54) is 12.1 Å². The Morgan fingerprint density at radius 3 is 2.76 bits per heavy atom. The second-order valence-electron chi connectivity index (χ2n) is 4.55. The average Bonchev–Trinajstić information content (AvgIpc) is 2.49. The van der Waals surface area contributed by atoms with E-state index in [0.717, 1.165) is 16.6 Å². The fourth-order valence-electron chi connectivity index (χ4n) is 2.19. The highest BCUT2D eigenvalue weighted by atomic mass is 32.1. The van der Waals surface area contributed by atoms with Crippen LogP contribution >= 0.6 is 12.2 Å². The highest BCUT2D eigenvalue weighted by Gasteiger charge is 2.09. The number of nitrogens with two attached hydrogens (primary N) is 1. The summed E-state index contributed by atoms with van der Waals surface area (Å²) in [7, 11) is 0. The van der Waals surface area contributed by atoms with Crippen molar-refractivity contribution in [2.45, 2.75) is 0 Å². The smallest absolute Gasteiger partial charge is 0.124 e. The molecular weight excluding hydrogens is 285 g/mol. The third-order valence-corrected chi connectivity index (χ3v) is 3.38. The Labute approximate surface area is 126 Å². The molecule has 104 valence electrons. The maximum atomic E-state index is 13.3. The zero-order valence-corrected chi connectivity index (χ0v) is 11.8. The standard InChI is InChI=1S/C16H12FN3S/c17-10-6-7-15(12(9-10)16(18)21)20-14-5-1-4-13-11(14)3-2-8-19-13/h1-9,20H,(H2,18,21). The summed E-state index contributed by atoms with van der Waals surface area (Å²) in [6, 6.07) is 13.9. The molecule has 0 amide bonds. The van der Waals surface area contributed by atoms with E-state index < -0.39 is 0 Å². The van der Waals surface area contributed by atoms with Crippen molar-refractivity contribution in [3.8, 4) is 0 Å². The number of hydrogen-bond acceptors (Lipinski definition) is 3. The number of benzene rings is 2. The predicted octanol–water partition coefficient (Wildman–Crippen LogP) is 3.75. The van der Waals surface area contributed by atoms with Crippen molar-refractivity contribution in [3.05, 3.63) is 66.1 Å². The van der Waals surface area contributed by atoms with Crippen LogP contribution in [0.25, 0.3) is 10.9 Å². The lowest BCUT2D eigenvalue weighted by Gasteiger charge is -2.13. The minimum absolute atomic E-state index is 0.148. The van der Waals surface area contributed by atoms with E-state index in [2.05, 4.69) is 10.3 Å². The van der Waals surface area contributed by atoms with Crippen molar-refractivity contribution in [1.82, 2.24) is 4.98 Å². The van der Waals surface area contributed by atoms with Crippen LogP contribution in [0.3, 0.4) is 0 Å². The number of thiocarbonyl (C=S) groups is 1. The second-order valence-corrected chi connectivity index (χ2v) is 4.99. The van der Waals surface area contributed by atoms with Crippen LogP contribution in [0.5, 0.6) is 0 Å². The predicted molar refractivity (Wildman–Crippen MR) is 87.3 cm³/mol. The van der Waals surface area contributed by atoms with Gasteiger partial charge >= 0.3 is 0 Å². The third-order valence-electron chi connectivity index (χ3n) is 3.16. The molecule has 3 nitrogen and oxygen atoms in total. The van der Waals surface area contributed by atoms with E-state index >= 15 is 0 Å². The maximum Gasteiger partial charge on any atom is 0.124 e. The molecule has 0 radical (unpaired) electrons. The van der Waals surface area contributed by atoms with E-state index in [4.69, 9.17) is 18.0 Å². The molecule has 21 heavy (non-hydrogen) atoms. The molecule has 1 aromatic heterocycles. The summed E-state index contributed by atoms with van der Waals surface area (Å²) in [5.74, 6) is -0.372. The van der Waals surface area contributed by atoms with E-state index in [1.807, 2.05) is 30.3 Å². The maximum absolute atomic E-state index is 13.3. The number of pyridine rings is 1. The van der Waals surface area contributed by atoms with Gasteiger partial charge in [0.05, 0.1) is 5.52 Å². The van der Waals surface area contributed by atoms with Gasteiger partial charge in [-0.15, -0.1) is 0 Å². The number of anilines is 2. The monoisotopic (exact) mass is 297 g/mol. The topological polar surface area (TPSA) is 50.9 Å². The zero-order chi connectivity index (χ0) is 14.8. The lowest BCUT2D eigenvalue weighted by atomic mass is 10.1. The molecule has 0 aliphatic heterocycles. The van der Waals surface area contributed by atoms with Crippen LogP contribution in [0.15, 0.2) is 54.7 Å². The van der Waals surface area contributed by atoms with E-state index in [-0.39, 0.29) is 10.8 Å². The van der Waals surface area contributed by atoms with Crippen LogP contribution in [0.4, 0.5) is 15.8 Å². The lowest BCUT2D eigenvalue weighted by molar-refractivity contribution is 0.628. The van der Waals surface area contributed by atoms with Crippen LogP contribution in [0, 0.1) is 5.82 Å². The van der Waals surface area contributed by atoms with E-state index in [1.54, 1.807) is 12.3 Å². The normalized spacial score (nSPS) is 10.5. The SMILES string of the molecule is NC(=S)c1cc(F)ccc1Nc1cccc2ncccc12. The van der Waals surface area contributed by atoms with Gasteiger partial charge in [-0.2, -0.15) is 0 Å². The highest BCUT2D eigenvalue weighted by Crippen LogP contribution is 2.27. The van der Waals surface area contributed by atoms with Gasteiger partial charge in [0.25, 0.3) is 0 Å². The van der Waals surface area contributed by atoms with Crippen molar-refractivity contribution >= 4 is 39.5 Å². The average molecular weight is 297 g/mol. The molecule has 2 aromatic carbocycles. The van der Waals surface area contributed by atoms with Crippen molar-refractivity contribution in [1.29, 1.82) is 0 Å².